The molecule has 2 rings (SSSR count). The van der Waals surface area contributed by atoms with Crippen molar-refractivity contribution in [2.24, 2.45) is 0 Å². The third-order valence-corrected chi connectivity index (χ3v) is 3.61. The number of fused-ring (bicyclic) bond motifs is 1. The maximum absolute atomic E-state index is 4.22. The van der Waals surface area contributed by atoms with Crippen molar-refractivity contribution >= 4 is 34.6 Å². The molecule has 0 aliphatic heterocycles. The summed E-state index contributed by atoms with van der Waals surface area (Å²) in [6.07, 6.45) is 5.92. The van der Waals surface area contributed by atoms with Crippen LogP contribution in [0, 0.1) is 0 Å². The van der Waals surface area contributed by atoms with Crippen LogP contribution in [0.2, 0.25) is 0 Å². The van der Waals surface area contributed by atoms with E-state index in [0.29, 0.717) is 0 Å². The normalized spacial score (nSPS) is 10.9. The molecule has 1 N–H and O–H groups in total. The number of H-pyrrole nitrogens is 1. The zero-order valence-corrected chi connectivity index (χ0v) is 9.13. The molecule has 1 aromatic carbocycles. The molecule has 68 valence electrons. The second kappa shape index (κ2) is 3.64. The molecule has 0 bridgehead atoms. The zero-order valence-electron chi connectivity index (χ0n) is 7.50. The summed E-state index contributed by atoms with van der Waals surface area (Å²) in [6.45, 7) is 0. The Bertz CT molecular complexity index is 384. The molecule has 0 spiro atoms. The predicted octanol–water partition coefficient (Wildman–Crippen LogP) is 3.01. The van der Waals surface area contributed by atoms with E-state index in [2.05, 4.69) is 34.6 Å². The fourth-order valence-corrected chi connectivity index (χ4v) is 2.75. The van der Waals surface area contributed by atoms with Crippen molar-refractivity contribution in [1.29, 1.82) is 0 Å². The Kier molecular flexibility index (Phi) is 2.51. The molecule has 0 saturated heterocycles. The van der Waals surface area contributed by atoms with E-state index >= 15 is 0 Å². The third kappa shape index (κ3) is 1.56. The van der Waals surface area contributed by atoms with Crippen LogP contribution in [0.25, 0.3) is 11.0 Å². The molecule has 0 aliphatic carbocycles. The number of hydrogen-bond donors (Lipinski definition) is 1. The van der Waals surface area contributed by atoms with E-state index in [1.807, 2.05) is 0 Å². The van der Waals surface area contributed by atoms with Gasteiger partial charge < -0.3 is 4.98 Å². The lowest BCUT2D eigenvalue weighted by Crippen LogP contribution is -1.78. The maximum atomic E-state index is 4.22. The van der Waals surface area contributed by atoms with Crippen LogP contribution in [-0.2, 0) is 0 Å². The SMILES string of the molecule is CSc1cc2nc[nH]c2cc1SC. The Hall–Kier alpha value is -0.610. The van der Waals surface area contributed by atoms with Gasteiger partial charge in [-0.15, -0.1) is 23.5 Å². The van der Waals surface area contributed by atoms with Crippen molar-refractivity contribution < 1.29 is 0 Å². The first-order valence-electron chi connectivity index (χ1n) is 3.90. The average molecular weight is 210 g/mol. The van der Waals surface area contributed by atoms with Crippen LogP contribution in [0.5, 0.6) is 0 Å². The Morgan fingerprint density at radius 3 is 2.54 bits per heavy atom. The molecule has 2 nitrogen and oxygen atoms in total. The summed E-state index contributed by atoms with van der Waals surface area (Å²) in [5.41, 5.74) is 2.16. The number of nitrogens with zero attached hydrogens (tertiary/aromatic N) is 1. The lowest BCUT2D eigenvalue weighted by molar-refractivity contribution is 1.27. The molecule has 0 fully saturated rings. The Labute approximate surface area is 85.5 Å². The van der Waals surface area contributed by atoms with Crippen molar-refractivity contribution in [2.75, 3.05) is 12.5 Å². The summed E-state index contributed by atoms with van der Waals surface area (Å²) in [5.74, 6) is 0. The molecular weight excluding hydrogens is 200 g/mol. The largest absolute Gasteiger partial charge is 0.345 e. The third-order valence-electron chi connectivity index (χ3n) is 1.93. The van der Waals surface area contributed by atoms with Crippen molar-refractivity contribution in [3.8, 4) is 0 Å². The Morgan fingerprint density at radius 1 is 1.15 bits per heavy atom. The molecule has 0 atom stereocenters. The van der Waals surface area contributed by atoms with Crippen molar-refractivity contribution in [3.05, 3.63) is 18.5 Å². The summed E-state index contributed by atoms with van der Waals surface area (Å²) in [4.78, 5) is 9.94. The average Bonchev–Trinajstić information content (AvgIpc) is 2.62. The minimum atomic E-state index is 1.04. The fraction of sp³-hybridized carbons (Fsp3) is 0.222. The van der Waals surface area contributed by atoms with Crippen LogP contribution >= 0.6 is 23.5 Å². The van der Waals surface area contributed by atoms with Gasteiger partial charge in [-0.3, -0.25) is 0 Å². The molecule has 1 aromatic heterocycles. The monoisotopic (exact) mass is 210 g/mol. The Morgan fingerprint density at radius 2 is 1.85 bits per heavy atom. The van der Waals surface area contributed by atoms with Gasteiger partial charge in [0, 0.05) is 9.79 Å². The van der Waals surface area contributed by atoms with Gasteiger partial charge in [0.15, 0.2) is 0 Å². The molecule has 0 unspecified atom stereocenters. The highest BCUT2D eigenvalue weighted by Crippen LogP contribution is 2.30. The van der Waals surface area contributed by atoms with Crippen molar-refractivity contribution in [1.82, 2.24) is 9.97 Å². The van der Waals surface area contributed by atoms with Crippen LogP contribution in [-0.4, -0.2) is 22.5 Å². The number of aromatic nitrogens is 2. The summed E-state index contributed by atoms with van der Waals surface area (Å²) < 4.78 is 0. The van der Waals surface area contributed by atoms with Crippen LogP contribution in [0.1, 0.15) is 0 Å². The van der Waals surface area contributed by atoms with E-state index in [9.17, 15) is 0 Å². The maximum Gasteiger partial charge on any atom is 0.0931 e. The van der Waals surface area contributed by atoms with Gasteiger partial charge >= 0.3 is 0 Å². The quantitative estimate of drug-likeness (QED) is 0.772. The van der Waals surface area contributed by atoms with Gasteiger partial charge in [-0.25, -0.2) is 4.98 Å². The number of imidazole rings is 1. The van der Waals surface area contributed by atoms with E-state index in [1.54, 1.807) is 29.9 Å². The highest BCUT2D eigenvalue weighted by molar-refractivity contribution is 8.01. The zero-order chi connectivity index (χ0) is 9.26. The van der Waals surface area contributed by atoms with E-state index in [0.717, 1.165) is 11.0 Å². The van der Waals surface area contributed by atoms with Crippen molar-refractivity contribution in [3.63, 3.8) is 0 Å². The number of aromatic amines is 1. The van der Waals surface area contributed by atoms with Gasteiger partial charge in [-0.05, 0) is 24.6 Å². The molecule has 0 radical (unpaired) electrons. The summed E-state index contributed by atoms with van der Waals surface area (Å²) >= 11 is 3.53. The fourth-order valence-electron chi connectivity index (χ4n) is 1.26. The second-order valence-electron chi connectivity index (χ2n) is 2.63. The summed E-state index contributed by atoms with van der Waals surface area (Å²) in [7, 11) is 0. The van der Waals surface area contributed by atoms with Crippen molar-refractivity contribution in [2.45, 2.75) is 9.79 Å². The minimum absolute atomic E-state index is 1.04. The van der Waals surface area contributed by atoms with E-state index in [4.69, 9.17) is 0 Å². The molecule has 4 heteroatoms. The van der Waals surface area contributed by atoms with Crippen LogP contribution in [0.4, 0.5) is 0 Å². The standard InChI is InChI=1S/C9H10N2S2/c1-12-8-3-6-7(11-5-10-6)4-9(8)13-2/h3-5H,1-2H3,(H,10,11). The van der Waals surface area contributed by atoms with Crippen LogP contribution in [0.3, 0.4) is 0 Å². The number of rotatable bonds is 2. The van der Waals surface area contributed by atoms with E-state index in [1.165, 1.54) is 9.79 Å². The first kappa shape index (κ1) is 8.97. The molecule has 1 heterocycles. The van der Waals surface area contributed by atoms with Gasteiger partial charge in [0.05, 0.1) is 17.4 Å². The Balaban J connectivity index is 2.67. The van der Waals surface area contributed by atoms with Gasteiger partial charge in [0.2, 0.25) is 0 Å². The highest BCUT2D eigenvalue weighted by atomic mass is 32.2. The van der Waals surface area contributed by atoms with E-state index in [-0.39, 0.29) is 0 Å². The number of thioether (sulfide) groups is 2. The number of benzene rings is 1. The molecular formula is C9H10N2S2. The topological polar surface area (TPSA) is 28.7 Å². The van der Waals surface area contributed by atoms with Gasteiger partial charge in [-0.1, -0.05) is 0 Å². The smallest absolute Gasteiger partial charge is 0.0931 e. The van der Waals surface area contributed by atoms with Crippen LogP contribution in [0.15, 0.2) is 28.3 Å². The molecule has 0 saturated carbocycles. The first-order chi connectivity index (χ1) is 6.35. The van der Waals surface area contributed by atoms with Gasteiger partial charge in [0.25, 0.3) is 0 Å². The number of hydrogen-bond acceptors (Lipinski definition) is 3. The summed E-state index contributed by atoms with van der Waals surface area (Å²) in [6, 6.07) is 4.28. The predicted molar refractivity (Wildman–Crippen MR) is 59.7 cm³/mol. The highest BCUT2D eigenvalue weighted by Gasteiger charge is 2.04. The molecule has 0 aliphatic rings. The van der Waals surface area contributed by atoms with E-state index < -0.39 is 0 Å². The number of nitrogens with one attached hydrogen (secondary N) is 1. The first-order valence-corrected chi connectivity index (χ1v) is 6.35. The van der Waals surface area contributed by atoms with Gasteiger partial charge in [-0.2, -0.15) is 0 Å². The molecule has 2 aromatic rings. The summed E-state index contributed by atoms with van der Waals surface area (Å²) in [5, 5.41) is 0. The second-order valence-corrected chi connectivity index (χ2v) is 4.32. The van der Waals surface area contributed by atoms with Crippen LogP contribution < -0.4 is 0 Å². The molecule has 13 heavy (non-hydrogen) atoms. The minimum Gasteiger partial charge on any atom is -0.345 e. The van der Waals surface area contributed by atoms with Gasteiger partial charge in [0.1, 0.15) is 0 Å². The lowest BCUT2D eigenvalue weighted by atomic mass is 10.3. The lowest BCUT2D eigenvalue weighted by Gasteiger charge is -2.03. The molecule has 0 amide bonds.